The summed E-state index contributed by atoms with van der Waals surface area (Å²) in [6.07, 6.45) is 1.60. The van der Waals surface area contributed by atoms with Gasteiger partial charge in [-0.05, 0) is 30.9 Å². The molecule has 17 heavy (non-hydrogen) atoms. The molecule has 1 aliphatic carbocycles. The molecule has 0 bridgehead atoms. The van der Waals surface area contributed by atoms with Crippen LogP contribution < -0.4 is 11.1 Å². The van der Waals surface area contributed by atoms with Crippen molar-refractivity contribution in [1.82, 2.24) is 4.98 Å². The van der Waals surface area contributed by atoms with Crippen LogP contribution in [-0.4, -0.2) is 22.7 Å². The number of aliphatic hydroxyl groups excluding tert-OH is 1. The van der Waals surface area contributed by atoms with Crippen molar-refractivity contribution in [3.8, 4) is 0 Å². The van der Waals surface area contributed by atoms with E-state index in [2.05, 4.69) is 10.3 Å². The number of rotatable bonds is 3. The normalized spacial score (nSPS) is 23.6. The molecule has 90 valence electrons. The van der Waals surface area contributed by atoms with Gasteiger partial charge in [0.05, 0.1) is 6.10 Å². The lowest BCUT2D eigenvalue weighted by Crippen LogP contribution is -2.33. The van der Waals surface area contributed by atoms with Crippen LogP contribution in [0.25, 0.3) is 11.1 Å². The molecule has 0 unspecified atom stereocenters. The Labute approximate surface area is 98.6 Å². The highest BCUT2D eigenvalue weighted by Crippen LogP contribution is 2.28. The molecule has 0 spiro atoms. The van der Waals surface area contributed by atoms with Crippen LogP contribution in [0.5, 0.6) is 0 Å². The number of anilines is 2. The van der Waals surface area contributed by atoms with Gasteiger partial charge < -0.3 is 20.6 Å². The van der Waals surface area contributed by atoms with Crippen molar-refractivity contribution >= 4 is 22.8 Å². The number of hydrogen-bond acceptors (Lipinski definition) is 5. The third-order valence-electron chi connectivity index (χ3n) is 3.17. The third-order valence-corrected chi connectivity index (χ3v) is 3.17. The predicted molar refractivity (Wildman–Crippen MR) is 65.6 cm³/mol. The number of nitrogen functional groups attached to an aromatic ring is 1. The van der Waals surface area contributed by atoms with Crippen LogP contribution in [0.4, 0.5) is 11.7 Å². The number of aliphatic hydroxyl groups is 1. The maximum atomic E-state index is 9.18. The maximum absolute atomic E-state index is 9.18. The Morgan fingerprint density at radius 2 is 2.29 bits per heavy atom. The van der Waals surface area contributed by atoms with Gasteiger partial charge in [0.1, 0.15) is 5.52 Å². The van der Waals surface area contributed by atoms with E-state index in [1.165, 1.54) is 0 Å². The molecule has 0 atom stereocenters. The lowest BCUT2D eigenvalue weighted by atomic mass is 9.82. The number of oxazole rings is 1. The quantitative estimate of drug-likeness (QED) is 0.701. The van der Waals surface area contributed by atoms with E-state index in [0.717, 1.165) is 24.9 Å². The van der Waals surface area contributed by atoms with Gasteiger partial charge in [-0.25, -0.2) is 0 Å². The van der Waals surface area contributed by atoms with Gasteiger partial charge in [-0.15, -0.1) is 0 Å². The van der Waals surface area contributed by atoms with Crippen LogP contribution in [0.15, 0.2) is 22.6 Å². The molecule has 2 aromatic rings. The summed E-state index contributed by atoms with van der Waals surface area (Å²) in [7, 11) is 0. The van der Waals surface area contributed by atoms with Gasteiger partial charge in [0.2, 0.25) is 0 Å². The number of hydrogen-bond donors (Lipinski definition) is 3. The second-order valence-electron chi connectivity index (χ2n) is 4.62. The first kappa shape index (κ1) is 10.4. The van der Waals surface area contributed by atoms with Crippen LogP contribution in [-0.2, 0) is 0 Å². The number of nitrogens with one attached hydrogen (secondary N) is 1. The Kier molecular flexibility index (Phi) is 2.40. The minimum atomic E-state index is -0.120. The molecule has 0 aliphatic heterocycles. The van der Waals surface area contributed by atoms with E-state index in [1.807, 2.05) is 6.07 Å². The van der Waals surface area contributed by atoms with Crippen molar-refractivity contribution in [2.45, 2.75) is 18.9 Å². The molecular weight excluding hydrogens is 218 g/mol. The Balaban J connectivity index is 1.68. The van der Waals surface area contributed by atoms with E-state index < -0.39 is 0 Å². The Hall–Kier alpha value is -1.75. The van der Waals surface area contributed by atoms with Crippen molar-refractivity contribution in [2.75, 3.05) is 17.6 Å². The number of benzene rings is 1. The third kappa shape index (κ3) is 2.06. The molecule has 1 heterocycles. The molecule has 1 aromatic carbocycles. The number of nitrogens with zero attached hydrogens (tertiary/aromatic N) is 1. The summed E-state index contributed by atoms with van der Waals surface area (Å²) in [5.74, 6) is 0.519. The average molecular weight is 233 g/mol. The standard InChI is InChI=1S/C12H15N3O2/c13-8-1-2-10-11(5-8)17-12(15-10)14-6-7-3-9(16)4-7/h1-2,5,7,9,16H,3-4,6,13H2,(H,14,15). The summed E-state index contributed by atoms with van der Waals surface area (Å²) in [6, 6.07) is 5.93. The highest BCUT2D eigenvalue weighted by Gasteiger charge is 2.27. The molecule has 1 aliphatic rings. The van der Waals surface area contributed by atoms with Gasteiger partial charge in [-0.1, -0.05) is 0 Å². The minimum absolute atomic E-state index is 0.120. The van der Waals surface area contributed by atoms with Gasteiger partial charge in [0.25, 0.3) is 6.01 Å². The average Bonchev–Trinajstić information content (AvgIpc) is 2.64. The van der Waals surface area contributed by atoms with Gasteiger partial charge in [-0.3, -0.25) is 0 Å². The molecule has 1 fully saturated rings. The van der Waals surface area contributed by atoms with Gasteiger partial charge in [0, 0.05) is 18.3 Å². The van der Waals surface area contributed by atoms with Crippen molar-refractivity contribution in [3.05, 3.63) is 18.2 Å². The van der Waals surface area contributed by atoms with Crippen molar-refractivity contribution in [1.29, 1.82) is 0 Å². The molecule has 1 aromatic heterocycles. The largest absolute Gasteiger partial charge is 0.423 e. The lowest BCUT2D eigenvalue weighted by Gasteiger charge is -2.30. The van der Waals surface area contributed by atoms with Crippen LogP contribution >= 0.6 is 0 Å². The molecule has 5 nitrogen and oxygen atoms in total. The monoisotopic (exact) mass is 233 g/mol. The zero-order chi connectivity index (χ0) is 11.8. The Morgan fingerprint density at radius 1 is 1.47 bits per heavy atom. The van der Waals surface area contributed by atoms with Crippen molar-refractivity contribution in [2.24, 2.45) is 5.92 Å². The van der Waals surface area contributed by atoms with Crippen molar-refractivity contribution < 1.29 is 9.52 Å². The molecule has 0 saturated heterocycles. The SMILES string of the molecule is Nc1ccc2nc(NCC3CC(O)C3)oc2c1. The summed E-state index contributed by atoms with van der Waals surface area (Å²) < 4.78 is 5.53. The van der Waals surface area contributed by atoms with Crippen LogP contribution in [0.2, 0.25) is 0 Å². The maximum Gasteiger partial charge on any atom is 0.295 e. The topological polar surface area (TPSA) is 84.3 Å². The first-order valence-electron chi connectivity index (χ1n) is 5.79. The number of nitrogens with two attached hydrogens (primary N) is 1. The summed E-state index contributed by atoms with van der Waals surface area (Å²) >= 11 is 0. The van der Waals surface area contributed by atoms with Gasteiger partial charge >= 0.3 is 0 Å². The fourth-order valence-electron chi connectivity index (χ4n) is 2.12. The lowest BCUT2D eigenvalue weighted by molar-refractivity contribution is 0.0485. The predicted octanol–water partition coefficient (Wildman–Crippen LogP) is 1.59. The summed E-state index contributed by atoms with van der Waals surface area (Å²) in [5.41, 5.74) is 7.83. The van der Waals surface area contributed by atoms with Crippen LogP contribution in [0.1, 0.15) is 12.8 Å². The highest BCUT2D eigenvalue weighted by atomic mass is 16.4. The first-order chi connectivity index (χ1) is 8.20. The summed E-state index contributed by atoms with van der Waals surface area (Å²) in [6.45, 7) is 0.791. The molecule has 3 rings (SSSR count). The molecule has 1 saturated carbocycles. The highest BCUT2D eigenvalue weighted by molar-refractivity contribution is 5.78. The zero-order valence-electron chi connectivity index (χ0n) is 9.39. The smallest absolute Gasteiger partial charge is 0.295 e. The molecule has 4 N–H and O–H groups in total. The first-order valence-corrected chi connectivity index (χ1v) is 5.79. The van der Waals surface area contributed by atoms with Crippen LogP contribution in [0.3, 0.4) is 0 Å². The van der Waals surface area contributed by atoms with E-state index in [4.69, 9.17) is 10.2 Å². The fourth-order valence-corrected chi connectivity index (χ4v) is 2.12. The van der Waals surface area contributed by atoms with E-state index in [9.17, 15) is 5.11 Å². The van der Waals surface area contributed by atoms with Crippen molar-refractivity contribution in [3.63, 3.8) is 0 Å². The van der Waals surface area contributed by atoms with E-state index in [1.54, 1.807) is 12.1 Å². The molecule has 5 heteroatoms. The van der Waals surface area contributed by atoms with E-state index in [0.29, 0.717) is 23.2 Å². The minimum Gasteiger partial charge on any atom is -0.423 e. The number of aromatic nitrogens is 1. The zero-order valence-corrected chi connectivity index (χ0v) is 9.39. The molecule has 0 amide bonds. The van der Waals surface area contributed by atoms with E-state index in [-0.39, 0.29) is 6.10 Å². The number of fused-ring (bicyclic) bond motifs is 1. The second kappa shape index (κ2) is 3.92. The van der Waals surface area contributed by atoms with Crippen LogP contribution in [0, 0.1) is 5.92 Å². The molecular formula is C12H15N3O2. The fraction of sp³-hybridized carbons (Fsp3) is 0.417. The van der Waals surface area contributed by atoms with E-state index >= 15 is 0 Å². The van der Waals surface area contributed by atoms with Gasteiger partial charge in [0.15, 0.2) is 5.58 Å². The Morgan fingerprint density at radius 3 is 3.06 bits per heavy atom. The summed E-state index contributed by atoms with van der Waals surface area (Å²) in [4.78, 5) is 4.31. The van der Waals surface area contributed by atoms with Gasteiger partial charge in [-0.2, -0.15) is 4.98 Å². The second-order valence-corrected chi connectivity index (χ2v) is 4.62. The summed E-state index contributed by atoms with van der Waals surface area (Å²) in [5, 5.41) is 12.3. The molecule has 0 radical (unpaired) electrons. The Bertz CT molecular complexity index is 532.